The van der Waals surface area contributed by atoms with E-state index in [1.54, 1.807) is 6.33 Å². The van der Waals surface area contributed by atoms with Crippen molar-refractivity contribution in [1.29, 1.82) is 0 Å². The Morgan fingerprint density at radius 1 is 1.11 bits per heavy atom. The van der Waals surface area contributed by atoms with Gasteiger partial charge in [-0.15, -0.1) is 0 Å². The van der Waals surface area contributed by atoms with E-state index in [9.17, 15) is 0 Å². The number of hydrogen-bond acceptors (Lipinski definition) is 3. The van der Waals surface area contributed by atoms with Crippen molar-refractivity contribution in [3.05, 3.63) is 54.5 Å². The second-order valence-electron chi connectivity index (χ2n) is 4.63. The van der Waals surface area contributed by atoms with Gasteiger partial charge >= 0.3 is 0 Å². The predicted octanol–water partition coefficient (Wildman–Crippen LogP) is 3.16. The summed E-state index contributed by atoms with van der Waals surface area (Å²) in [6, 6.07) is 12.7. The van der Waals surface area contributed by atoms with E-state index in [1.165, 1.54) is 5.56 Å². The molecule has 0 saturated carbocycles. The molecule has 0 bridgehead atoms. The summed E-state index contributed by atoms with van der Waals surface area (Å²) in [5.74, 6) is 0.947. The molecule has 1 atom stereocenters. The Labute approximate surface area is 112 Å². The second-order valence-corrected chi connectivity index (χ2v) is 4.63. The first-order chi connectivity index (χ1) is 9.27. The van der Waals surface area contributed by atoms with Gasteiger partial charge in [-0.2, -0.15) is 0 Å². The van der Waals surface area contributed by atoms with Crippen LogP contribution in [-0.4, -0.2) is 22.0 Å². The van der Waals surface area contributed by atoms with Crippen LogP contribution in [0.25, 0.3) is 11.0 Å². The standard InChI is InChI=1S/C15H16N4/c1-11(12-6-4-3-5-7-12)19(2)15-13-8-9-16-14(13)17-10-18-15/h3-11H,1-2H3,(H,16,17,18)/t11-/m0/s1. The third kappa shape index (κ3) is 2.05. The van der Waals surface area contributed by atoms with E-state index in [4.69, 9.17) is 0 Å². The van der Waals surface area contributed by atoms with Gasteiger partial charge < -0.3 is 9.88 Å². The Bertz CT molecular complexity index is 675. The van der Waals surface area contributed by atoms with Gasteiger partial charge in [-0.3, -0.25) is 0 Å². The minimum Gasteiger partial charge on any atom is -0.352 e. The van der Waals surface area contributed by atoms with Gasteiger partial charge in [0.15, 0.2) is 0 Å². The minimum absolute atomic E-state index is 0.259. The zero-order valence-electron chi connectivity index (χ0n) is 11.0. The van der Waals surface area contributed by atoms with Crippen LogP contribution in [0.2, 0.25) is 0 Å². The Kier molecular flexibility index (Phi) is 2.91. The molecule has 1 aromatic carbocycles. The maximum atomic E-state index is 4.42. The molecule has 0 radical (unpaired) electrons. The van der Waals surface area contributed by atoms with Crippen LogP contribution in [0.1, 0.15) is 18.5 Å². The Morgan fingerprint density at radius 3 is 2.68 bits per heavy atom. The molecule has 0 fully saturated rings. The fourth-order valence-electron chi connectivity index (χ4n) is 2.28. The molecule has 0 aliphatic heterocycles. The molecule has 19 heavy (non-hydrogen) atoms. The molecule has 0 aliphatic rings. The number of H-pyrrole nitrogens is 1. The molecular formula is C15H16N4. The number of benzene rings is 1. The first kappa shape index (κ1) is 11.7. The highest BCUT2D eigenvalue weighted by Gasteiger charge is 2.16. The van der Waals surface area contributed by atoms with Gasteiger partial charge in [-0.25, -0.2) is 9.97 Å². The van der Waals surface area contributed by atoms with Crippen molar-refractivity contribution < 1.29 is 0 Å². The van der Waals surface area contributed by atoms with E-state index >= 15 is 0 Å². The van der Waals surface area contributed by atoms with E-state index in [0.717, 1.165) is 16.9 Å². The summed E-state index contributed by atoms with van der Waals surface area (Å²) in [4.78, 5) is 13.9. The molecule has 3 rings (SSSR count). The van der Waals surface area contributed by atoms with Gasteiger partial charge in [0.25, 0.3) is 0 Å². The number of nitrogens with zero attached hydrogens (tertiary/aromatic N) is 3. The summed E-state index contributed by atoms with van der Waals surface area (Å²) in [7, 11) is 2.06. The number of fused-ring (bicyclic) bond motifs is 1. The van der Waals surface area contributed by atoms with E-state index in [1.807, 2.05) is 18.3 Å². The minimum atomic E-state index is 0.259. The summed E-state index contributed by atoms with van der Waals surface area (Å²) < 4.78 is 0. The fraction of sp³-hybridized carbons (Fsp3) is 0.200. The van der Waals surface area contributed by atoms with Crippen molar-refractivity contribution in [3.63, 3.8) is 0 Å². The normalized spacial score (nSPS) is 12.5. The number of aromatic nitrogens is 3. The molecule has 4 nitrogen and oxygen atoms in total. The smallest absolute Gasteiger partial charge is 0.142 e. The quantitative estimate of drug-likeness (QED) is 0.778. The molecule has 96 valence electrons. The molecule has 0 amide bonds. The average Bonchev–Trinajstić information content (AvgIpc) is 2.95. The summed E-state index contributed by atoms with van der Waals surface area (Å²) in [6.07, 6.45) is 3.49. The van der Waals surface area contributed by atoms with Gasteiger partial charge in [0.2, 0.25) is 0 Å². The first-order valence-electron chi connectivity index (χ1n) is 6.33. The van der Waals surface area contributed by atoms with Gasteiger partial charge in [0.1, 0.15) is 17.8 Å². The summed E-state index contributed by atoms with van der Waals surface area (Å²) in [5.41, 5.74) is 2.14. The topological polar surface area (TPSA) is 44.8 Å². The molecular weight excluding hydrogens is 236 g/mol. The third-order valence-corrected chi connectivity index (χ3v) is 3.53. The van der Waals surface area contributed by atoms with Gasteiger partial charge in [0, 0.05) is 13.2 Å². The monoisotopic (exact) mass is 252 g/mol. The Hall–Kier alpha value is -2.36. The molecule has 0 saturated heterocycles. The van der Waals surface area contributed by atoms with E-state index in [2.05, 4.69) is 58.1 Å². The highest BCUT2D eigenvalue weighted by Crippen LogP contribution is 2.28. The van der Waals surface area contributed by atoms with Crippen LogP contribution in [0, 0.1) is 0 Å². The van der Waals surface area contributed by atoms with Crippen molar-refractivity contribution >= 4 is 16.9 Å². The molecule has 0 aliphatic carbocycles. The number of aromatic amines is 1. The maximum Gasteiger partial charge on any atom is 0.142 e. The van der Waals surface area contributed by atoms with Crippen molar-refractivity contribution in [2.45, 2.75) is 13.0 Å². The largest absolute Gasteiger partial charge is 0.352 e. The number of hydrogen-bond donors (Lipinski definition) is 1. The first-order valence-corrected chi connectivity index (χ1v) is 6.33. The molecule has 1 N–H and O–H groups in total. The van der Waals surface area contributed by atoms with E-state index in [-0.39, 0.29) is 6.04 Å². The van der Waals surface area contributed by atoms with E-state index in [0.29, 0.717) is 0 Å². The fourth-order valence-corrected chi connectivity index (χ4v) is 2.28. The second kappa shape index (κ2) is 4.72. The van der Waals surface area contributed by atoms with Gasteiger partial charge in [0.05, 0.1) is 11.4 Å². The molecule has 3 aromatic rings. The van der Waals surface area contributed by atoms with Gasteiger partial charge in [-0.1, -0.05) is 30.3 Å². The highest BCUT2D eigenvalue weighted by atomic mass is 15.2. The summed E-state index contributed by atoms with van der Waals surface area (Å²) >= 11 is 0. The Morgan fingerprint density at radius 2 is 1.89 bits per heavy atom. The SMILES string of the molecule is C[C@@H](c1ccccc1)N(C)c1ncnc2[nH]ccc12. The summed E-state index contributed by atoms with van der Waals surface area (Å²) in [6.45, 7) is 2.18. The van der Waals surface area contributed by atoms with Crippen molar-refractivity contribution in [2.75, 3.05) is 11.9 Å². The molecule has 0 unspecified atom stereocenters. The van der Waals surface area contributed by atoms with Crippen LogP contribution in [0.5, 0.6) is 0 Å². The lowest BCUT2D eigenvalue weighted by molar-refractivity contribution is 0.731. The summed E-state index contributed by atoms with van der Waals surface area (Å²) in [5, 5.41) is 1.05. The number of anilines is 1. The van der Waals surface area contributed by atoms with Crippen LogP contribution in [0.3, 0.4) is 0 Å². The lowest BCUT2D eigenvalue weighted by Crippen LogP contribution is -2.22. The molecule has 2 heterocycles. The molecule has 0 spiro atoms. The Balaban J connectivity index is 2.00. The van der Waals surface area contributed by atoms with Gasteiger partial charge in [-0.05, 0) is 18.6 Å². The average molecular weight is 252 g/mol. The zero-order chi connectivity index (χ0) is 13.2. The molecule has 4 heteroatoms. The molecule has 2 aromatic heterocycles. The number of nitrogens with one attached hydrogen (secondary N) is 1. The van der Waals surface area contributed by atoms with Crippen LogP contribution in [0.4, 0.5) is 5.82 Å². The van der Waals surface area contributed by atoms with Crippen molar-refractivity contribution in [1.82, 2.24) is 15.0 Å². The highest BCUT2D eigenvalue weighted by molar-refractivity contribution is 5.87. The predicted molar refractivity (Wildman–Crippen MR) is 77.1 cm³/mol. The lowest BCUT2D eigenvalue weighted by atomic mass is 10.1. The van der Waals surface area contributed by atoms with Crippen molar-refractivity contribution in [3.8, 4) is 0 Å². The maximum absolute atomic E-state index is 4.42. The van der Waals surface area contributed by atoms with Crippen molar-refractivity contribution in [2.24, 2.45) is 0 Å². The zero-order valence-corrected chi connectivity index (χ0v) is 11.0. The van der Waals surface area contributed by atoms with Crippen LogP contribution >= 0.6 is 0 Å². The third-order valence-electron chi connectivity index (χ3n) is 3.53. The lowest BCUT2D eigenvalue weighted by Gasteiger charge is -2.26. The van der Waals surface area contributed by atoms with E-state index < -0.39 is 0 Å². The van der Waals surface area contributed by atoms with Crippen LogP contribution in [0.15, 0.2) is 48.9 Å². The van der Waals surface area contributed by atoms with Crippen LogP contribution in [-0.2, 0) is 0 Å². The number of rotatable bonds is 3. The van der Waals surface area contributed by atoms with Crippen LogP contribution < -0.4 is 4.90 Å².